The van der Waals surface area contributed by atoms with Gasteiger partial charge in [-0.15, -0.1) is 0 Å². The lowest BCUT2D eigenvalue weighted by Crippen LogP contribution is -2.45. The molecular weight excluding hydrogens is 339 g/mol. The summed E-state index contributed by atoms with van der Waals surface area (Å²) >= 11 is 0. The Morgan fingerprint density at radius 2 is 1.84 bits per heavy atom. The van der Waals surface area contributed by atoms with Gasteiger partial charge in [-0.05, 0) is 18.6 Å². The zero-order valence-corrected chi connectivity index (χ0v) is 13.2. The lowest BCUT2D eigenvalue weighted by molar-refractivity contribution is -0.143. The zero-order chi connectivity index (χ0) is 18.7. The van der Waals surface area contributed by atoms with Gasteiger partial charge < -0.3 is 10.4 Å². The molecule has 1 atom stereocenters. The highest BCUT2D eigenvalue weighted by Crippen LogP contribution is 2.27. The molecule has 1 heterocycles. The Hall–Kier alpha value is -2.84. The summed E-state index contributed by atoms with van der Waals surface area (Å²) in [5.41, 5.74) is -1.96. The molecule has 0 saturated heterocycles. The highest BCUT2D eigenvalue weighted by Gasteiger charge is 2.36. The largest absolute Gasteiger partial charge is 0.481 e. The van der Waals surface area contributed by atoms with Crippen LogP contribution in [-0.2, 0) is 27.7 Å². The first-order chi connectivity index (χ1) is 11.6. The SMILES string of the molecule is CC(CNC(=O)Cn1ccc(C(F)(F)F)n1)(C(=O)O)c1ccccc1. The summed E-state index contributed by atoms with van der Waals surface area (Å²) in [5.74, 6) is -1.77. The van der Waals surface area contributed by atoms with Crippen LogP contribution in [0.3, 0.4) is 0 Å². The van der Waals surface area contributed by atoms with Gasteiger partial charge in [0, 0.05) is 12.7 Å². The third-order valence-electron chi connectivity index (χ3n) is 3.76. The number of nitrogens with one attached hydrogen (secondary N) is 1. The number of carbonyl (C=O) groups excluding carboxylic acids is 1. The van der Waals surface area contributed by atoms with Gasteiger partial charge in [-0.1, -0.05) is 30.3 Å². The van der Waals surface area contributed by atoms with Crippen LogP contribution in [0.2, 0.25) is 0 Å². The summed E-state index contributed by atoms with van der Waals surface area (Å²) < 4.78 is 38.3. The molecule has 1 amide bonds. The van der Waals surface area contributed by atoms with Gasteiger partial charge >= 0.3 is 12.1 Å². The molecule has 0 saturated carbocycles. The van der Waals surface area contributed by atoms with Crippen LogP contribution in [-0.4, -0.2) is 33.3 Å². The van der Waals surface area contributed by atoms with Gasteiger partial charge in [0.25, 0.3) is 0 Å². The minimum Gasteiger partial charge on any atom is -0.481 e. The smallest absolute Gasteiger partial charge is 0.435 e. The second-order valence-corrected chi connectivity index (χ2v) is 5.68. The Labute approximate surface area is 141 Å². The third kappa shape index (κ3) is 4.37. The number of nitrogens with zero attached hydrogens (tertiary/aromatic N) is 2. The fourth-order valence-electron chi connectivity index (χ4n) is 2.19. The van der Waals surface area contributed by atoms with E-state index >= 15 is 0 Å². The van der Waals surface area contributed by atoms with Crippen LogP contribution in [0.25, 0.3) is 0 Å². The highest BCUT2D eigenvalue weighted by molar-refractivity contribution is 5.83. The van der Waals surface area contributed by atoms with E-state index in [1.807, 2.05) is 0 Å². The molecule has 0 fully saturated rings. The minimum absolute atomic E-state index is 0.210. The van der Waals surface area contributed by atoms with E-state index in [-0.39, 0.29) is 6.54 Å². The second-order valence-electron chi connectivity index (χ2n) is 5.68. The van der Waals surface area contributed by atoms with Crippen LogP contribution in [0.1, 0.15) is 18.2 Å². The van der Waals surface area contributed by atoms with E-state index in [0.29, 0.717) is 5.56 Å². The summed E-state index contributed by atoms with van der Waals surface area (Å²) in [5, 5.41) is 15.2. The number of carbonyl (C=O) groups is 2. The molecule has 6 nitrogen and oxygen atoms in total. The number of rotatable bonds is 6. The summed E-state index contributed by atoms with van der Waals surface area (Å²) in [6, 6.07) is 9.12. The van der Waals surface area contributed by atoms with Gasteiger partial charge in [-0.2, -0.15) is 18.3 Å². The van der Waals surface area contributed by atoms with E-state index in [2.05, 4.69) is 10.4 Å². The van der Waals surface area contributed by atoms with Crippen molar-refractivity contribution in [3.63, 3.8) is 0 Å². The van der Waals surface area contributed by atoms with E-state index in [4.69, 9.17) is 0 Å². The van der Waals surface area contributed by atoms with E-state index in [1.165, 1.54) is 6.92 Å². The van der Waals surface area contributed by atoms with Crippen LogP contribution in [0, 0.1) is 0 Å². The predicted octanol–water partition coefficient (Wildman–Crippen LogP) is 2.06. The molecular formula is C16H16F3N3O3. The first-order valence-corrected chi connectivity index (χ1v) is 7.29. The van der Waals surface area contributed by atoms with E-state index in [0.717, 1.165) is 16.9 Å². The summed E-state index contributed by atoms with van der Waals surface area (Å²) in [7, 11) is 0. The quantitative estimate of drug-likeness (QED) is 0.831. The standard InChI is InChI=1S/C16H16F3N3O3/c1-15(14(24)25,11-5-3-2-4-6-11)10-20-13(23)9-22-8-7-12(21-22)16(17,18)19/h2-8H,9-10H2,1H3,(H,20,23)(H,24,25). The lowest BCUT2D eigenvalue weighted by Gasteiger charge is -2.25. The average molecular weight is 355 g/mol. The Morgan fingerprint density at radius 1 is 1.20 bits per heavy atom. The fourth-order valence-corrected chi connectivity index (χ4v) is 2.19. The maximum absolute atomic E-state index is 12.5. The molecule has 0 radical (unpaired) electrons. The van der Waals surface area contributed by atoms with Crippen LogP contribution in [0.15, 0.2) is 42.6 Å². The van der Waals surface area contributed by atoms with Crippen molar-refractivity contribution in [3.8, 4) is 0 Å². The first-order valence-electron chi connectivity index (χ1n) is 7.29. The molecule has 2 N–H and O–H groups in total. The third-order valence-corrected chi connectivity index (χ3v) is 3.76. The molecule has 0 aliphatic rings. The van der Waals surface area contributed by atoms with Gasteiger partial charge in [0.2, 0.25) is 5.91 Å². The molecule has 0 aliphatic heterocycles. The van der Waals surface area contributed by atoms with Crippen LogP contribution in [0.4, 0.5) is 13.2 Å². The van der Waals surface area contributed by atoms with Gasteiger partial charge in [0.1, 0.15) is 12.0 Å². The van der Waals surface area contributed by atoms with Crippen molar-refractivity contribution in [1.29, 1.82) is 0 Å². The predicted molar refractivity (Wildman–Crippen MR) is 81.7 cm³/mol. The molecule has 9 heteroatoms. The van der Waals surface area contributed by atoms with Gasteiger partial charge in [-0.3, -0.25) is 14.3 Å². The topological polar surface area (TPSA) is 84.2 Å². The number of carboxylic acids is 1. The van der Waals surface area contributed by atoms with Crippen molar-refractivity contribution < 1.29 is 27.9 Å². The number of hydrogen-bond donors (Lipinski definition) is 2. The van der Waals surface area contributed by atoms with E-state index in [1.54, 1.807) is 30.3 Å². The number of alkyl halides is 3. The molecule has 1 unspecified atom stereocenters. The van der Waals surface area contributed by atoms with Crippen molar-refractivity contribution in [2.75, 3.05) is 6.54 Å². The van der Waals surface area contributed by atoms with Crippen LogP contribution in [0.5, 0.6) is 0 Å². The number of aliphatic carboxylic acids is 1. The molecule has 25 heavy (non-hydrogen) atoms. The van der Waals surface area contributed by atoms with Crippen molar-refractivity contribution in [3.05, 3.63) is 53.9 Å². The Kier molecular flexibility index (Phi) is 5.15. The minimum atomic E-state index is -4.59. The molecule has 2 aromatic rings. The molecule has 0 bridgehead atoms. The van der Waals surface area contributed by atoms with Crippen molar-refractivity contribution in [1.82, 2.24) is 15.1 Å². The van der Waals surface area contributed by atoms with Gasteiger partial charge in [0.05, 0.1) is 0 Å². The molecule has 0 aliphatic carbocycles. The molecule has 1 aromatic heterocycles. The molecule has 1 aromatic carbocycles. The fraction of sp³-hybridized carbons (Fsp3) is 0.312. The van der Waals surface area contributed by atoms with Crippen molar-refractivity contribution >= 4 is 11.9 Å². The summed E-state index contributed by atoms with van der Waals surface area (Å²) in [6.07, 6.45) is -3.55. The Morgan fingerprint density at radius 3 is 2.36 bits per heavy atom. The number of carboxylic acid groups (broad SMARTS) is 1. The number of hydrogen-bond acceptors (Lipinski definition) is 3. The second kappa shape index (κ2) is 6.96. The molecule has 134 valence electrons. The first kappa shape index (κ1) is 18.5. The van der Waals surface area contributed by atoms with Crippen molar-refractivity contribution in [2.24, 2.45) is 0 Å². The highest BCUT2D eigenvalue weighted by atomic mass is 19.4. The van der Waals surface area contributed by atoms with Gasteiger partial charge in [-0.25, -0.2) is 0 Å². The van der Waals surface area contributed by atoms with Crippen molar-refractivity contribution in [2.45, 2.75) is 25.1 Å². The Balaban J connectivity index is 2.02. The molecule has 0 spiro atoms. The van der Waals surface area contributed by atoms with E-state index < -0.39 is 35.7 Å². The average Bonchev–Trinajstić information content (AvgIpc) is 3.02. The Bertz CT molecular complexity index is 759. The lowest BCUT2D eigenvalue weighted by atomic mass is 9.82. The summed E-state index contributed by atoms with van der Waals surface area (Å²) in [6.45, 7) is 0.805. The maximum Gasteiger partial charge on any atom is 0.435 e. The molecule has 2 rings (SSSR count). The number of benzene rings is 1. The van der Waals surface area contributed by atoms with Crippen LogP contribution < -0.4 is 5.32 Å². The van der Waals surface area contributed by atoms with Crippen LogP contribution >= 0.6 is 0 Å². The number of aromatic nitrogens is 2. The summed E-state index contributed by atoms with van der Waals surface area (Å²) in [4.78, 5) is 23.5. The zero-order valence-electron chi connectivity index (χ0n) is 13.2. The number of halogens is 3. The monoisotopic (exact) mass is 355 g/mol. The van der Waals surface area contributed by atoms with Gasteiger partial charge in [0.15, 0.2) is 5.69 Å². The normalized spacial score (nSPS) is 13.9. The van der Waals surface area contributed by atoms with E-state index in [9.17, 15) is 27.9 Å². The number of amides is 1. The maximum atomic E-state index is 12.5.